The standard InChI is InChI=1S/C37H34F2N6O8/c1-2-42-17-27(35(47)51-18-22-6-4-3-5-7-22)33(46)26-13-29(39)32-34(31(26)42)50-19-24-14-37(49,20-45(24)32)21-52-30-9-8-23(12-28(30)38)44-16-25(53-36(44)48)15-43-11-10-40-41-43/h3-13,17,24-25,49H,2,14-16,18-21H2,1H3/t24-,25-,37-/m0/s1. The predicted molar refractivity (Wildman–Crippen MR) is 185 cm³/mol. The lowest BCUT2D eigenvalue weighted by molar-refractivity contribution is 0.00980. The minimum atomic E-state index is -1.52. The molecule has 3 aliphatic rings. The van der Waals surface area contributed by atoms with Crippen LogP contribution >= 0.6 is 0 Å². The predicted octanol–water partition coefficient (Wildman–Crippen LogP) is 4.05. The van der Waals surface area contributed by atoms with E-state index in [2.05, 4.69) is 10.3 Å². The van der Waals surface area contributed by atoms with Crippen LogP contribution in [-0.4, -0.2) is 80.8 Å². The first-order valence-electron chi connectivity index (χ1n) is 17.1. The Morgan fingerprint density at radius 2 is 1.94 bits per heavy atom. The molecule has 0 spiro atoms. The van der Waals surface area contributed by atoms with E-state index in [0.717, 1.165) is 17.7 Å². The third-order valence-electron chi connectivity index (χ3n) is 9.71. The van der Waals surface area contributed by atoms with Gasteiger partial charge in [0.15, 0.2) is 23.1 Å². The van der Waals surface area contributed by atoms with E-state index in [1.54, 1.807) is 39.9 Å². The zero-order chi connectivity index (χ0) is 36.9. The summed E-state index contributed by atoms with van der Waals surface area (Å²) in [5, 5.41) is 19.2. The Bertz CT molecular complexity index is 2270. The van der Waals surface area contributed by atoms with Crippen molar-refractivity contribution >= 4 is 34.3 Å². The topological polar surface area (TPSA) is 150 Å². The molecule has 14 nitrogen and oxygen atoms in total. The van der Waals surface area contributed by atoms with Crippen molar-refractivity contribution in [2.24, 2.45) is 0 Å². The fourth-order valence-corrected chi connectivity index (χ4v) is 7.20. The van der Waals surface area contributed by atoms with Crippen LogP contribution in [0.15, 0.2) is 78.0 Å². The van der Waals surface area contributed by atoms with Gasteiger partial charge in [-0.2, -0.15) is 0 Å². The minimum absolute atomic E-state index is 0.0341. The highest BCUT2D eigenvalue weighted by atomic mass is 19.1. The second-order valence-corrected chi connectivity index (χ2v) is 13.3. The molecule has 274 valence electrons. The highest BCUT2D eigenvalue weighted by Gasteiger charge is 2.48. The van der Waals surface area contributed by atoms with Gasteiger partial charge in [0.25, 0.3) is 0 Å². The van der Waals surface area contributed by atoms with Gasteiger partial charge in [-0.05, 0) is 30.7 Å². The fourth-order valence-electron chi connectivity index (χ4n) is 7.20. The summed E-state index contributed by atoms with van der Waals surface area (Å²) in [6.45, 7) is 2.27. The Kier molecular flexibility index (Phi) is 8.68. The van der Waals surface area contributed by atoms with E-state index in [1.807, 2.05) is 13.0 Å². The molecule has 5 heterocycles. The van der Waals surface area contributed by atoms with Crippen LogP contribution in [0.25, 0.3) is 10.9 Å². The Labute approximate surface area is 300 Å². The Balaban J connectivity index is 0.982. The SMILES string of the molecule is CCn1cc(C(=O)OCc2ccccc2)c(=O)c2cc(F)c3c(c21)OC[C@@H]1C[C@@](O)(COc2ccc(N4C[C@H](Cn5ccnn5)OC4=O)cc2F)CN31. The van der Waals surface area contributed by atoms with Gasteiger partial charge >= 0.3 is 12.1 Å². The highest BCUT2D eigenvalue weighted by molar-refractivity contribution is 5.98. The number of amides is 1. The first kappa shape index (κ1) is 34.1. The van der Waals surface area contributed by atoms with Crippen molar-refractivity contribution in [3.63, 3.8) is 0 Å². The summed E-state index contributed by atoms with van der Waals surface area (Å²) in [6, 6.07) is 13.7. The molecule has 0 aliphatic carbocycles. The molecule has 1 N–H and O–H groups in total. The van der Waals surface area contributed by atoms with Gasteiger partial charge in [-0.15, -0.1) is 5.10 Å². The van der Waals surface area contributed by atoms with Crippen molar-refractivity contribution in [2.75, 3.05) is 36.1 Å². The summed E-state index contributed by atoms with van der Waals surface area (Å²) in [6.07, 6.45) is 3.55. The maximum Gasteiger partial charge on any atom is 0.414 e. The molecule has 3 aromatic carbocycles. The van der Waals surface area contributed by atoms with Crippen LogP contribution in [0.3, 0.4) is 0 Å². The van der Waals surface area contributed by atoms with Gasteiger partial charge in [-0.3, -0.25) is 9.69 Å². The number of hydrogen-bond acceptors (Lipinski definition) is 11. The lowest BCUT2D eigenvalue weighted by atomic mass is 10.0. The molecule has 16 heteroatoms. The summed E-state index contributed by atoms with van der Waals surface area (Å²) in [4.78, 5) is 42.1. The molecule has 3 aliphatic heterocycles. The van der Waals surface area contributed by atoms with E-state index in [9.17, 15) is 19.5 Å². The third-order valence-corrected chi connectivity index (χ3v) is 9.71. The number of aryl methyl sites for hydroxylation is 1. The highest BCUT2D eigenvalue weighted by Crippen LogP contribution is 2.46. The number of fused-ring (bicyclic) bond motifs is 5. The Morgan fingerprint density at radius 3 is 2.70 bits per heavy atom. The lowest BCUT2D eigenvalue weighted by Gasteiger charge is -2.34. The maximum absolute atomic E-state index is 16.0. The molecule has 0 radical (unpaired) electrons. The molecule has 53 heavy (non-hydrogen) atoms. The van der Waals surface area contributed by atoms with Crippen molar-refractivity contribution in [2.45, 2.75) is 50.8 Å². The summed E-state index contributed by atoms with van der Waals surface area (Å²) in [5.74, 6) is -2.36. The lowest BCUT2D eigenvalue weighted by Crippen LogP contribution is -2.41. The van der Waals surface area contributed by atoms with Crippen LogP contribution in [0.5, 0.6) is 11.5 Å². The number of hydrogen-bond donors (Lipinski definition) is 1. The molecular formula is C37H34F2N6O8. The minimum Gasteiger partial charge on any atom is -0.487 e. The van der Waals surface area contributed by atoms with Crippen molar-refractivity contribution in [1.82, 2.24) is 19.6 Å². The molecule has 2 saturated heterocycles. The molecule has 8 rings (SSSR count). The van der Waals surface area contributed by atoms with E-state index in [1.165, 1.54) is 34.1 Å². The number of carbonyl (C=O) groups is 2. The molecule has 2 fully saturated rings. The second-order valence-electron chi connectivity index (χ2n) is 13.3. The number of cyclic esters (lactones) is 1. The van der Waals surface area contributed by atoms with Crippen molar-refractivity contribution < 1.29 is 42.4 Å². The molecule has 0 bridgehead atoms. The molecule has 2 aromatic heterocycles. The molecular weight excluding hydrogens is 694 g/mol. The number of halogens is 2. The normalized spacial score (nSPS) is 20.6. The van der Waals surface area contributed by atoms with E-state index in [4.69, 9.17) is 18.9 Å². The van der Waals surface area contributed by atoms with Crippen LogP contribution in [0.4, 0.5) is 25.0 Å². The van der Waals surface area contributed by atoms with Crippen LogP contribution in [0.2, 0.25) is 0 Å². The van der Waals surface area contributed by atoms with Gasteiger partial charge in [0.05, 0.1) is 48.5 Å². The summed E-state index contributed by atoms with van der Waals surface area (Å²) >= 11 is 0. The van der Waals surface area contributed by atoms with Gasteiger partial charge < -0.3 is 33.5 Å². The Hall–Kier alpha value is -6.03. The Morgan fingerprint density at radius 1 is 1.11 bits per heavy atom. The quantitative estimate of drug-likeness (QED) is 0.208. The van der Waals surface area contributed by atoms with Crippen LogP contribution in [0, 0.1) is 11.6 Å². The van der Waals surface area contributed by atoms with Gasteiger partial charge in [0.2, 0.25) is 5.43 Å². The number of carbonyl (C=O) groups excluding carboxylic acids is 2. The number of anilines is 2. The van der Waals surface area contributed by atoms with Crippen molar-refractivity contribution in [3.05, 3.63) is 106 Å². The number of aromatic nitrogens is 4. The monoisotopic (exact) mass is 728 g/mol. The van der Waals surface area contributed by atoms with Crippen molar-refractivity contribution in [3.8, 4) is 11.5 Å². The zero-order valence-corrected chi connectivity index (χ0v) is 28.5. The first-order chi connectivity index (χ1) is 25.6. The average Bonchev–Trinajstić information content (AvgIpc) is 3.89. The van der Waals surface area contributed by atoms with Crippen LogP contribution < -0.4 is 24.7 Å². The molecule has 0 unspecified atom stereocenters. The van der Waals surface area contributed by atoms with Crippen LogP contribution in [0.1, 0.15) is 29.3 Å². The number of esters is 1. The number of pyridine rings is 1. The summed E-state index contributed by atoms with van der Waals surface area (Å²) < 4.78 is 57.2. The first-order valence-corrected chi connectivity index (χ1v) is 17.1. The van der Waals surface area contributed by atoms with E-state index < -0.39 is 46.9 Å². The maximum atomic E-state index is 16.0. The molecule has 0 saturated carbocycles. The average molecular weight is 729 g/mol. The zero-order valence-electron chi connectivity index (χ0n) is 28.5. The second kappa shape index (κ2) is 13.5. The van der Waals surface area contributed by atoms with Gasteiger partial charge in [0.1, 0.15) is 42.8 Å². The van der Waals surface area contributed by atoms with Crippen molar-refractivity contribution in [1.29, 1.82) is 0 Å². The van der Waals surface area contributed by atoms with Gasteiger partial charge in [-0.25, -0.2) is 23.1 Å². The van der Waals surface area contributed by atoms with E-state index >= 15 is 8.78 Å². The largest absolute Gasteiger partial charge is 0.487 e. The molecule has 5 aromatic rings. The summed E-state index contributed by atoms with van der Waals surface area (Å²) in [7, 11) is 0. The number of nitrogens with zero attached hydrogens (tertiary/aromatic N) is 6. The van der Waals surface area contributed by atoms with Gasteiger partial charge in [0, 0.05) is 31.4 Å². The van der Waals surface area contributed by atoms with Gasteiger partial charge in [-0.1, -0.05) is 35.5 Å². The number of benzene rings is 3. The molecule has 3 atom stereocenters. The van der Waals surface area contributed by atoms with E-state index in [0.29, 0.717) is 18.6 Å². The third kappa shape index (κ3) is 6.39. The van der Waals surface area contributed by atoms with E-state index in [-0.39, 0.29) is 73.2 Å². The van der Waals surface area contributed by atoms with Crippen LogP contribution in [-0.2, 0) is 29.2 Å². The smallest absolute Gasteiger partial charge is 0.414 e. The number of ether oxygens (including phenoxy) is 4. The molecule has 1 amide bonds. The summed E-state index contributed by atoms with van der Waals surface area (Å²) in [5.41, 5.74) is -1.04. The fraction of sp³-hybridized carbons (Fsp3) is 0.324. The number of aliphatic hydroxyl groups is 1. The number of rotatable bonds is 10.